The number of H-pyrrole nitrogens is 2. The Bertz CT molecular complexity index is 2430. The number of nitrogens with one attached hydrogen (secondary N) is 5. The maximum absolute atomic E-state index is 12.6. The number of anilines is 1. The number of carbonyl (C=O) groups excluding carboxylic acids is 3. The van der Waals surface area contributed by atoms with E-state index in [1.165, 1.54) is 0 Å². The fraction of sp³-hybridized carbons (Fsp3) is 0.0294. The van der Waals surface area contributed by atoms with E-state index in [1.807, 2.05) is 6.07 Å². The predicted octanol–water partition coefficient (Wildman–Crippen LogP) is 5.70. The van der Waals surface area contributed by atoms with Gasteiger partial charge in [-0.2, -0.15) is 0 Å². The Kier molecular flexibility index (Phi) is 8.84. The second-order valence-corrected chi connectivity index (χ2v) is 11.5. The Balaban J connectivity index is 0.000000168. The van der Waals surface area contributed by atoms with E-state index in [4.69, 9.17) is 28.9 Å². The minimum Gasteiger partial charge on any atom is -0.398 e. The summed E-state index contributed by atoms with van der Waals surface area (Å²) in [5.41, 5.74) is 16.1. The van der Waals surface area contributed by atoms with Crippen molar-refractivity contribution in [1.29, 1.82) is 0 Å². The zero-order chi connectivity index (χ0) is 33.9. The summed E-state index contributed by atoms with van der Waals surface area (Å²) >= 11 is 11.9. The van der Waals surface area contributed by atoms with Gasteiger partial charge in [-0.3, -0.25) is 35.5 Å². The lowest BCUT2D eigenvalue weighted by Crippen LogP contribution is -2.42. The summed E-state index contributed by atoms with van der Waals surface area (Å²) in [5.74, 6) is -0.999. The number of para-hydroxylation sites is 2. The number of benzene rings is 4. The highest BCUT2D eigenvalue weighted by Gasteiger charge is 2.15. The van der Waals surface area contributed by atoms with Gasteiger partial charge in [-0.05, 0) is 79.7 Å². The highest BCUT2D eigenvalue weighted by molar-refractivity contribution is 6.31. The Morgan fingerprint density at radius 1 is 0.729 bits per heavy atom. The third kappa shape index (κ3) is 6.70. The topological polar surface area (TPSA) is 180 Å². The molecule has 3 aromatic heterocycles. The standard InChI is InChI=1S/C18H13ClN4O2.C16H13ClN4O2/c1-10-20-15-5-3-2-4-13(15)18(25)23(10)22-17(24)16-9-11-8-12(19)6-7-14(11)21-16;17-10-5-6-13-9(7-10)8-14(19-13)16(23)21-20-15(22)11-3-1-2-4-12(11)18/h2-9,21H,1H3,(H,22,24);1-8,19H,18H2,(H,20,22)(H,21,23). The number of aromatic nitrogens is 4. The fourth-order valence-corrected chi connectivity index (χ4v) is 5.30. The second-order valence-electron chi connectivity index (χ2n) is 10.6. The van der Waals surface area contributed by atoms with Gasteiger partial charge in [0.1, 0.15) is 17.2 Å². The van der Waals surface area contributed by atoms with Crippen LogP contribution >= 0.6 is 23.2 Å². The van der Waals surface area contributed by atoms with Crippen molar-refractivity contribution in [3.05, 3.63) is 140 Å². The summed E-state index contributed by atoms with van der Waals surface area (Å²) in [6, 6.07) is 27.5. The Hall–Kier alpha value is -6.11. The van der Waals surface area contributed by atoms with Gasteiger partial charge in [0.25, 0.3) is 23.3 Å². The molecule has 3 heterocycles. The van der Waals surface area contributed by atoms with Gasteiger partial charge in [-0.25, -0.2) is 9.66 Å². The molecule has 0 saturated heterocycles. The number of nitrogens with two attached hydrogens (primary N) is 1. The quantitative estimate of drug-likeness (QED) is 0.102. The molecule has 48 heavy (non-hydrogen) atoms. The van der Waals surface area contributed by atoms with Crippen molar-refractivity contribution in [2.75, 3.05) is 11.2 Å². The van der Waals surface area contributed by atoms with Gasteiger partial charge in [-0.15, -0.1) is 0 Å². The number of aryl methyl sites for hydroxylation is 1. The zero-order valence-electron chi connectivity index (χ0n) is 25.1. The molecule has 0 unspecified atom stereocenters. The van der Waals surface area contributed by atoms with Gasteiger partial charge in [0.2, 0.25) is 0 Å². The Morgan fingerprint density at radius 3 is 1.94 bits per heavy atom. The zero-order valence-corrected chi connectivity index (χ0v) is 26.6. The van der Waals surface area contributed by atoms with Crippen LogP contribution in [0.2, 0.25) is 10.0 Å². The Morgan fingerprint density at radius 2 is 1.29 bits per heavy atom. The molecular weight excluding hydrogens is 655 g/mol. The van der Waals surface area contributed by atoms with E-state index in [2.05, 4.69) is 31.2 Å². The number of amides is 3. The molecule has 240 valence electrons. The molecule has 7 aromatic rings. The number of carbonyl (C=O) groups is 3. The third-order valence-corrected chi connectivity index (χ3v) is 7.78. The number of fused-ring (bicyclic) bond motifs is 3. The highest BCUT2D eigenvalue weighted by atomic mass is 35.5. The van der Waals surface area contributed by atoms with Crippen molar-refractivity contribution >= 4 is 79.3 Å². The molecule has 0 atom stereocenters. The number of nitrogens with zero attached hydrogens (tertiary/aromatic N) is 2. The molecule has 0 spiro atoms. The van der Waals surface area contributed by atoms with Crippen LogP contribution in [0.15, 0.2) is 102 Å². The predicted molar refractivity (Wildman–Crippen MR) is 187 cm³/mol. The Labute approximate surface area is 281 Å². The number of rotatable bonds is 4. The van der Waals surface area contributed by atoms with Crippen LogP contribution in [0.5, 0.6) is 0 Å². The summed E-state index contributed by atoms with van der Waals surface area (Å²) < 4.78 is 1.16. The molecule has 7 N–H and O–H groups in total. The average molecular weight is 682 g/mol. The maximum atomic E-state index is 12.6. The monoisotopic (exact) mass is 680 g/mol. The van der Waals surface area contributed by atoms with Gasteiger partial charge in [0, 0.05) is 37.5 Å². The molecule has 0 aliphatic carbocycles. The highest BCUT2D eigenvalue weighted by Crippen LogP contribution is 2.21. The smallest absolute Gasteiger partial charge is 0.286 e. The number of hydrogen-bond acceptors (Lipinski definition) is 6. The van der Waals surface area contributed by atoms with Crippen LogP contribution in [-0.2, 0) is 0 Å². The first-order valence-electron chi connectivity index (χ1n) is 14.4. The van der Waals surface area contributed by atoms with Crippen molar-refractivity contribution in [2.24, 2.45) is 0 Å². The second kappa shape index (κ2) is 13.3. The summed E-state index contributed by atoms with van der Waals surface area (Å²) in [4.78, 5) is 59.6. The van der Waals surface area contributed by atoms with E-state index in [-0.39, 0.29) is 11.1 Å². The van der Waals surface area contributed by atoms with Crippen molar-refractivity contribution in [1.82, 2.24) is 30.5 Å². The summed E-state index contributed by atoms with van der Waals surface area (Å²) in [6.07, 6.45) is 0. The van der Waals surface area contributed by atoms with Crippen molar-refractivity contribution in [2.45, 2.75) is 6.92 Å². The van der Waals surface area contributed by atoms with Crippen LogP contribution in [0.3, 0.4) is 0 Å². The molecule has 0 radical (unpaired) electrons. The van der Waals surface area contributed by atoms with Crippen molar-refractivity contribution in [3.8, 4) is 0 Å². The maximum Gasteiger partial charge on any atom is 0.286 e. The summed E-state index contributed by atoms with van der Waals surface area (Å²) in [5, 5.41) is 3.23. The number of halogens is 2. The molecule has 4 aromatic carbocycles. The molecule has 0 aliphatic rings. The summed E-state index contributed by atoms with van der Waals surface area (Å²) in [7, 11) is 0. The first-order valence-corrected chi connectivity index (χ1v) is 15.1. The number of hydrazine groups is 1. The first-order chi connectivity index (χ1) is 23.1. The molecule has 12 nitrogen and oxygen atoms in total. The van der Waals surface area contributed by atoms with E-state index in [1.54, 1.807) is 97.9 Å². The average Bonchev–Trinajstić information content (AvgIpc) is 3.70. The molecule has 0 saturated carbocycles. The first kappa shape index (κ1) is 31.9. The molecule has 0 fully saturated rings. The molecule has 7 rings (SSSR count). The van der Waals surface area contributed by atoms with Gasteiger partial charge in [-0.1, -0.05) is 47.5 Å². The lowest BCUT2D eigenvalue weighted by atomic mass is 10.2. The van der Waals surface area contributed by atoms with Crippen LogP contribution in [0.25, 0.3) is 32.7 Å². The fourth-order valence-electron chi connectivity index (χ4n) is 4.94. The van der Waals surface area contributed by atoms with E-state index in [9.17, 15) is 19.2 Å². The van der Waals surface area contributed by atoms with E-state index in [0.29, 0.717) is 43.8 Å². The van der Waals surface area contributed by atoms with Crippen LogP contribution in [0, 0.1) is 6.92 Å². The van der Waals surface area contributed by atoms with Gasteiger partial charge < -0.3 is 15.7 Å². The minimum atomic E-state index is -0.490. The normalized spacial score (nSPS) is 10.8. The van der Waals surface area contributed by atoms with Gasteiger partial charge >= 0.3 is 0 Å². The van der Waals surface area contributed by atoms with E-state index in [0.717, 1.165) is 26.5 Å². The molecule has 14 heteroatoms. The lowest BCUT2D eigenvalue weighted by molar-refractivity contribution is 0.0845. The lowest BCUT2D eigenvalue weighted by Gasteiger charge is -2.11. The van der Waals surface area contributed by atoms with Crippen LogP contribution in [0.1, 0.15) is 37.2 Å². The molecule has 3 amide bonds. The van der Waals surface area contributed by atoms with Gasteiger partial charge in [0.15, 0.2) is 0 Å². The number of hydrogen-bond donors (Lipinski definition) is 6. The number of nitrogen functional groups attached to an aromatic ring is 1. The summed E-state index contributed by atoms with van der Waals surface area (Å²) in [6.45, 7) is 1.67. The van der Waals surface area contributed by atoms with Gasteiger partial charge in [0.05, 0.1) is 16.5 Å². The molecule has 0 aliphatic heterocycles. The van der Waals surface area contributed by atoms with Crippen LogP contribution < -0.4 is 27.6 Å². The van der Waals surface area contributed by atoms with Crippen LogP contribution in [-0.4, -0.2) is 37.3 Å². The van der Waals surface area contributed by atoms with Crippen LogP contribution in [0.4, 0.5) is 5.69 Å². The van der Waals surface area contributed by atoms with E-state index < -0.39 is 17.7 Å². The third-order valence-electron chi connectivity index (χ3n) is 7.31. The molecule has 0 bridgehead atoms. The van der Waals surface area contributed by atoms with Crippen molar-refractivity contribution in [3.63, 3.8) is 0 Å². The number of aromatic amines is 2. The largest absolute Gasteiger partial charge is 0.398 e. The van der Waals surface area contributed by atoms with Crippen molar-refractivity contribution < 1.29 is 14.4 Å². The molecular formula is C34H26Cl2N8O4. The minimum absolute atomic E-state index is 0.288. The SMILES string of the molecule is Cc1nc2ccccc2c(=O)n1NC(=O)c1cc2cc(Cl)ccc2[nH]1.Nc1ccccc1C(=O)NNC(=O)c1cc2cc(Cl)ccc2[nH]1. The van der Waals surface area contributed by atoms with E-state index >= 15 is 0 Å².